The molecule has 2 saturated heterocycles. The lowest BCUT2D eigenvalue weighted by molar-refractivity contribution is -0.0429. The van der Waals surface area contributed by atoms with E-state index >= 15 is 0 Å². The largest absolute Gasteiger partial charge is 0.374 e. The average molecular weight is 176 g/mol. The summed E-state index contributed by atoms with van der Waals surface area (Å²) < 4.78 is 5.57. The summed E-state index contributed by atoms with van der Waals surface area (Å²) in [5, 5.41) is 0. The topological polar surface area (TPSA) is 12.5 Å². The van der Waals surface area contributed by atoms with Gasteiger partial charge in [-0.3, -0.25) is 4.90 Å². The van der Waals surface area contributed by atoms with Gasteiger partial charge in [0.1, 0.15) is 0 Å². The monoisotopic (exact) mass is 175 g/mol. The zero-order valence-corrected chi connectivity index (χ0v) is 7.39. The smallest absolute Gasteiger partial charge is 0.0865 e. The van der Waals surface area contributed by atoms with Crippen LogP contribution in [0, 0.1) is 0 Å². The number of hydrogen-bond acceptors (Lipinski definition) is 2. The van der Waals surface area contributed by atoms with Crippen LogP contribution >= 0.6 is 11.6 Å². The fourth-order valence-electron chi connectivity index (χ4n) is 2.13. The van der Waals surface area contributed by atoms with Gasteiger partial charge in [0.2, 0.25) is 0 Å². The molecule has 0 bridgehead atoms. The van der Waals surface area contributed by atoms with Crippen molar-refractivity contribution in [1.82, 2.24) is 4.90 Å². The van der Waals surface area contributed by atoms with Gasteiger partial charge < -0.3 is 4.74 Å². The van der Waals surface area contributed by atoms with Crippen molar-refractivity contribution in [1.29, 1.82) is 0 Å². The van der Waals surface area contributed by atoms with Crippen LogP contribution in [0.4, 0.5) is 0 Å². The maximum Gasteiger partial charge on any atom is 0.0865 e. The summed E-state index contributed by atoms with van der Waals surface area (Å²) in [5.74, 6) is 0.654. The Labute approximate surface area is 72.5 Å². The first-order valence-corrected chi connectivity index (χ1v) is 4.87. The fourth-order valence-corrected chi connectivity index (χ4v) is 2.43. The molecular weight excluding hydrogens is 162 g/mol. The minimum atomic E-state index is 0.299. The molecule has 2 aliphatic heterocycles. The summed E-state index contributed by atoms with van der Waals surface area (Å²) in [6.45, 7) is 3.23. The normalized spacial score (nSPS) is 39.0. The van der Waals surface area contributed by atoms with E-state index in [4.69, 9.17) is 16.3 Å². The molecule has 2 heterocycles. The zero-order chi connectivity index (χ0) is 7.68. The molecule has 0 aromatic carbocycles. The average Bonchev–Trinajstić information content (AvgIpc) is 2.50. The Morgan fingerprint density at radius 3 is 3.18 bits per heavy atom. The Kier molecular flexibility index (Phi) is 2.35. The molecular formula is C8H14ClNO. The second-order valence-corrected chi connectivity index (χ2v) is 3.62. The van der Waals surface area contributed by atoms with Gasteiger partial charge in [0.05, 0.1) is 18.6 Å². The highest BCUT2D eigenvalue weighted by Gasteiger charge is 2.34. The third kappa shape index (κ3) is 1.40. The summed E-state index contributed by atoms with van der Waals surface area (Å²) in [4.78, 5) is 2.51. The van der Waals surface area contributed by atoms with E-state index in [1.807, 2.05) is 0 Å². The summed E-state index contributed by atoms with van der Waals surface area (Å²) in [6, 6.07) is 0.626. The molecule has 2 fully saturated rings. The first-order chi connectivity index (χ1) is 5.42. The second-order valence-electron chi connectivity index (χ2n) is 3.31. The van der Waals surface area contributed by atoms with Crippen LogP contribution in [0.15, 0.2) is 0 Å². The van der Waals surface area contributed by atoms with Gasteiger partial charge >= 0.3 is 0 Å². The van der Waals surface area contributed by atoms with Crippen molar-refractivity contribution >= 4 is 11.6 Å². The highest BCUT2D eigenvalue weighted by Crippen LogP contribution is 2.25. The van der Waals surface area contributed by atoms with Crippen molar-refractivity contribution in [3.05, 3.63) is 0 Å². The van der Waals surface area contributed by atoms with Crippen molar-refractivity contribution in [3.63, 3.8) is 0 Å². The third-order valence-corrected chi connectivity index (χ3v) is 3.01. The fraction of sp³-hybridized carbons (Fsp3) is 1.00. The van der Waals surface area contributed by atoms with Crippen LogP contribution in [0.2, 0.25) is 0 Å². The molecule has 0 aromatic heterocycles. The molecule has 11 heavy (non-hydrogen) atoms. The third-order valence-electron chi connectivity index (χ3n) is 2.71. The van der Waals surface area contributed by atoms with E-state index < -0.39 is 0 Å². The quantitative estimate of drug-likeness (QED) is 0.554. The summed E-state index contributed by atoms with van der Waals surface area (Å²) in [6.07, 6.45) is 2.90. The van der Waals surface area contributed by atoms with E-state index in [9.17, 15) is 0 Å². The first kappa shape index (κ1) is 7.84. The maximum atomic E-state index is 5.80. The number of alkyl halides is 1. The molecule has 2 atom stereocenters. The Morgan fingerprint density at radius 1 is 1.45 bits per heavy atom. The van der Waals surface area contributed by atoms with Gasteiger partial charge in [0.25, 0.3) is 0 Å². The van der Waals surface area contributed by atoms with Gasteiger partial charge in [-0.2, -0.15) is 0 Å². The van der Waals surface area contributed by atoms with Crippen molar-refractivity contribution in [2.45, 2.75) is 25.0 Å². The maximum absolute atomic E-state index is 5.80. The highest BCUT2D eigenvalue weighted by atomic mass is 35.5. The van der Waals surface area contributed by atoms with E-state index in [2.05, 4.69) is 4.90 Å². The van der Waals surface area contributed by atoms with Crippen molar-refractivity contribution in [2.75, 3.05) is 25.6 Å². The first-order valence-electron chi connectivity index (χ1n) is 4.33. The van der Waals surface area contributed by atoms with Crippen LogP contribution in [0.3, 0.4) is 0 Å². The molecule has 2 nitrogen and oxygen atoms in total. The Balaban J connectivity index is 2.00. The predicted octanol–water partition coefficient (Wildman–Crippen LogP) is 1.09. The summed E-state index contributed by atoms with van der Waals surface area (Å²) in [5.41, 5.74) is 0. The minimum Gasteiger partial charge on any atom is -0.374 e. The molecule has 0 radical (unpaired) electrons. The standard InChI is InChI=1S/C8H14ClNO/c9-6-8-7-2-1-3-10(7)4-5-11-8/h7-8H,1-6H2. The van der Waals surface area contributed by atoms with Gasteiger partial charge in [-0.15, -0.1) is 11.6 Å². The van der Waals surface area contributed by atoms with Crippen LogP contribution in [0.5, 0.6) is 0 Å². The molecule has 0 aliphatic carbocycles. The molecule has 0 amide bonds. The van der Waals surface area contributed by atoms with E-state index in [1.54, 1.807) is 0 Å². The second kappa shape index (κ2) is 3.30. The van der Waals surface area contributed by atoms with Gasteiger partial charge in [-0.25, -0.2) is 0 Å². The minimum absolute atomic E-state index is 0.299. The van der Waals surface area contributed by atoms with E-state index in [-0.39, 0.29) is 0 Å². The number of hydrogen-bond donors (Lipinski definition) is 0. The Hall–Kier alpha value is 0.210. The zero-order valence-electron chi connectivity index (χ0n) is 6.63. The van der Waals surface area contributed by atoms with Crippen LogP contribution in [-0.4, -0.2) is 42.6 Å². The number of ether oxygens (including phenoxy) is 1. The van der Waals surface area contributed by atoms with Crippen molar-refractivity contribution in [2.24, 2.45) is 0 Å². The summed E-state index contributed by atoms with van der Waals surface area (Å²) >= 11 is 5.80. The molecule has 2 rings (SSSR count). The van der Waals surface area contributed by atoms with Crippen molar-refractivity contribution in [3.8, 4) is 0 Å². The number of halogens is 1. The summed E-state index contributed by atoms with van der Waals surface area (Å²) in [7, 11) is 0. The number of rotatable bonds is 1. The van der Waals surface area contributed by atoms with Gasteiger partial charge in [-0.1, -0.05) is 0 Å². The van der Waals surface area contributed by atoms with Crippen molar-refractivity contribution < 1.29 is 4.74 Å². The van der Waals surface area contributed by atoms with Crippen LogP contribution in [0.1, 0.15) is 12.8 Å². The molecule has 3 heteroatoms. The van der Waals surface area contributed by atoms with Crippen LogP contribution in [-0.2, 0) is 4.74 Å². The van der Waals surface area contributed by atoms with Gasteiger partial charge in [-0.05, 0) is 19.4 Å². The molecule has 0 spiro atoms. The predicted molar refractivity (Wildman–Crippen MR) is 45.1 cm³/mol. The molecule has 2 aliphatic rings. The lowest BCUT2D eigenvalue weighted by Crippen LogP contribution is -2.48. The Bertz CT molecular complexity index is 142. The van der Waals surface area contributed by atoms with Gasteiger partial charge in [0, 0.05) is 12.6 Å². The SMILES string of the molecule is ClCC1OCCN2CCCC12. The van der Waals surface area contributed by atoms with Gasteiger partial charge in [0.15, 0.2) is 0 Å². The molecule has 64 valence electrons. The Morgan fingerprint density at radius 2 is 2.36 bits per heavy atom. The highest BCUT2D eigenvalue weighted by molar-refractivity contribution is 6.18. The molecule has 0 N–H and O–H groups in total. The molecule has 0 saturated carbocycles. The van der Waals surface area contributed by atoms with E-state index in [0.717, 1.165) is 13.2 Å². The number of nitrogens with zero attached hydrogens (tertiary/aromatic N) is 1. The number of morpholine rings is 1. The number of fused-ring (bicyclic) bond motifs is 1. The van der Waals surface area contributed by atoms with E-state index in [1.165, 1.54) is 19.4 Å². The molecule has 2 unspecified atom stereocenters. The lowest BCUT2D eigenvalue weighted by atomic mass is 10.1. The lowest BCUT2D eigenvalue weighted by Gasteiger charge is -2.35. The molecule has 0 aromatic rings. The van der Waals surface area contributed by atoms with Crippen LogP contribution in [0.25, 0.3) is 0 Å². The van der Waals surface area contributed by atoms with E-state index in [0.29, 0.717) is 18.0 Å². The van der Waals surface area contributed by atoms with Crippen LogP contribution < -0.4 is 0 Å².